The molecule has 1 aromatic rings. The summed E-state index contributed by atoms with van der Waals surface area (Å²) >= 11 is 3.20. The molecule has 3 heteroatoms. The molecule has 1 atom stereocenters. The van der Waals surface area contributed by atoms with E-state index in [1.54, 1.807) is 12.1 Å². The van der Waals surface area contributed by atoms with Crippen molar-refractivity contribution >= 4 is 21.6 Å². The Kier molecular flexibility index (Phi) is 3.29. The molecule has 0 radical (unpaired) electrons. The molecule has 0 aliphatic heterocycles. The van der Waals surface area contributed by atoms with Crippen LogP contribution in [0.3, 0.4) is 0 Å². The quantitative estimate of drug-likeness (QED) is 0.866. The second kappa shape index (κ2) is 4.52. The van der Waals surface area contributed by atoms with Gasteiger partial charge in [0.1, 0.15) is 5.82 Å². The zero-order valence-electron chi connectivity index (χ0n) is 8.76. The van der Waals surface area contributed by atoms with Crippen molar-refractivity contribution in [3.8, 4) is 0 Å². The van der Waals surface area contributed by atoms with Gasteiger partial charge in [0.2, 0.25) is 0 Å². The van der Waals surface area contributed by atoms with E-state index in [9.17, 15) is 4.39 Å². The maximum Gasteiger partial charge on any atom is 0.137 e. The molecule has 1 aliphatic carbocycles. The Morgan fingerprint density at radius 3 is 2.80 bits per heavy atom. The highest BCUT2D eigenvalue weighted by molar-refractivity contribution is 9.10. The average molecular weight is 272 g/mol. The summed E-state index contributed by atoms with van der Waals surface area (Å²) in [5, 5.41) is 3.46. The van der Waals surface area contributed by atoms with Gasteiger partial charge >= 0.3 is 0 Å². The first kappa shape index (κ1) is 10.9. The van der Waals surface area contributed by atoms with E-state index in [2.05, 4.69) is 28.2 Å². The molecular formula is C12H15BrFN. The van der Waals surface area contributed by atoms with Gasteiger partial charge in [-0.15, -0.1) is 0 Å². The summed E-state index contributed by atoms with van der Waals surface area (Å²) < 4.78 is 13.5. The lowest BCUT2D eigenvalue weighted by atomic mass is 10.1. The molecule has 0 aromatic heterocycles. The van der Waals surface area contributed by atoms with Crippen molar-refractivity contribution < 1.29 is 4.39 Å². The van der Waals surface area contributed by atoms with Gasteiger partial charge in [0, 0.05) is 11.7 Å². The normalized spacial score (nSPS) is 17.5. The first-order valence-corrected chi connectivity index (χ1v) is 6.21. The molecule has 0 amide bonds. The first-order valence-electron chi connectivity index (χ1n) is 5.42. The van der Waals surface area contributed by atoms with Crippen molar-refractivity contribution in [2.45, 2.75) is 32.2 Å². The second-order valence-corrected chi connectivity index (χ2v) is 4.98. The van der Waals surface area contributed by atoms with E-state index in [1.807, 2.05) is 0 Å². The van der Waals surface area contributed by atoms with Crippen LogP contribution in [0, 0.1) is 11.7 Å². The molecule has 1 aliphatic rings. The third-order valence-electron chi connectivity index (χ3n) is 2.90. The van der Waals surface area contributed by atoms with Gasteiger partial charge in [0.15, 0.2) is 0 Å². The van der Waals surface area contributed by atoms with Crippen molar-refractivity contribution in [1.82, 2.24) is 0 Å². The molecule has 2 rings (SSSR count). The van der Waals surface area contributed by atoms with Gasteiger partial charge in [-0.05, 0) is 59.3 Å². The molecule has 1 N–H and O–H groups in total. The van der Waals surface area contributed by atoms with E-state index in [0.717, 1.165) is 18.0 Å². The minimum Gasteiger partial charge on any atom is -0.382 e. The number of rotatable bonds is 4. The van der Waals surface area contributed by atoms with E-state index >= 15 is 0 Å². The second-order valence-electron chi connectivity index (χ2n) is 4.13. The fourth-order valence-corrected chi connectivity index (χ4v) is 2.23. The molecule has 1 fully saturated rings. The standard InChI is InChI=1S/C12H15BrFN/c1-2-12(8-3-4-8)15-9-5-6-11(14)10(13)7-9/h5-8,12,15H,2-4H2,1H3. The highest BCUT2D eigenvalue weighted by atomic mass is 79.9. The number of hydrogen-bond donors (Lipinski definition) is 1. The van der Waals surface area contributed by atoms with Crippen LogP contribution < -0.4 is 5.32 Å². The number of benzene rings is 1. The van der Waals surface area contributed by atoms with Gasteiger partial charge in [-0.2, -0.15) is 0 Å². The third kappa shape index (κ3) is 2.71. The van der Waals surface area contributed by atoms with Crippen molar-refractivity contribution in [2.75, 3.05) is 5.32 Å². The maximum absolute atomic E-state index is 13.0. The molecule has 0 spiro atoms. The highest BCUT2D eigenvalue weighted by Crippen LogP contribution is 2.35. The number of hydrogen-bond acceptors (Lipinski definition) is 1. The SMILES string of the molecule is CCC(Nc1ccc(F)c(Br)c1)C1CC1. The van der Waals surface area contributed by atoms with Crippen LogP contribution in [0.1, 0.15) is 26.2 Å². The van der Waals surface area contributed by atoms with Gasteiger partial charge in [0.05, 0.1) is 4.47 Å². The molecule has 82 valence electrons. The lowest BCUT2D eigenvalue weighted by Crippen LogP contribution is -2.20. The highest BCUT2D eigenvalue weighted by Gasteiger charge is 2.29. The smallest absolute Gasteiger partial charge is 0.137 e. The van der Waals surface area contributed by atoms with Crippen LogP contribution in [0.25, 0.3) is 0 Å². The molecule has 0 saturated heterocycles. The summed E-state index contributed by atoms with van der Waals surface area (Å²) in [6, 6.07) is 5.64. The molecule has 1 saturated carbocycles. The molecule has 15 heavy (non-hydrogen) atoms. The van der Waals surface area contributed by atoms with Crippen LogP contribution in [0.15, 0.2) is 22.7 Å². The zero-order chi connectivity index (χ0) is 10.8. The summed E-state index contributed by atoms with van der Waals surface area (Å²) in [6.45, 7) is 2.19. The van der Waals surface area contributed by atoms with E-state index in [4.69, 9.17) is 0 Å². The molecule has 0 heterocycles. The van der Waals surface area contributed by atoms with Crippen LogP contribution in [-0.2, 0) is 0 Å². The Bertz CT molecular complexity index is 349. The van der Waals surface area contributed by atoms with E-state index in [-0.39, 0.29) is 5.82 Å². The summed E-state index contributed by atoms with van der Waals surface area (Å²) in [4.78, 5) is 0. The maximum atomic E-state index is 13.0. The first-order chi connectivity index (χ1) is 7.20. The Balaban J connectivity index is 2.05. The van der Waals surface area contributed by atoms with Gasteiger partial charge in [-0.3, -0.25) is 0 Å². The molecule has 1 unspecified atom stereocenters. The average Bonchev–Trinajstić information content (AvgIpc) is 3.03. The largest absolute Gasteiger partial charge is 0.382 e. The van der Waals surface area contributed by atoms with E-state index < -0.39 is 0 Å². The monoisotopic (exact) mass is 271 g/mol. The summed E-state index contributed by atoms with van der Waals surface area (Å²) in [5.74, 6) is 0.610. The fraction of sp³-hybridized carbons (Fsp3) is 0.500. The van der Waals surface area contributed by atoms with Gasteiger partial charge in [-0.1, -0.05) is 6.92 Å². The Hall–Kier alpha value is -0.570. The fourth-order valence-electron chi connectivity index (χ4n) is 1.85. The minimum absolute atomic E-state index is 0.208. The van der Waals surface area contributed by atoms with Gasteiger partial charge in [-0.25, -0.2) is 4.39 Å². The summed E-state index contributed by atoms with van der Waals surface area (Å²) in [7, 11) is 0. The van der Waals surface area contributed by atoms with Crippen LogP contribution in [0.5, 0.6) is 0 Å². The summed E-state index contributed by atoms with van der Waals surface area (Å²) in [6.07, 6.45) is 3.78. The Labute approximate surface area is 98.2 Å². The third-order valence-corrected chi connectivity index (χ3v) is 3.51. The lowest BCUT2D eigenvalue weighted by molar-refractivity contribution is 0.611. The lowest BCUT2D eigenvalue weighted by Gasteiger charge is -2.17. The summed E-state index contributed by atoms with van der Waals surface area (Å²) in [5.41, 5.74) is 1.00. The van der Waals surface area contributed by atoms with Crippen LogP contribution in [0.2, 0.25) is 0 Å². The van der Waals surface area contributed by atoms with E-state index in [1.165, 1.54) is 18.9 Å². The zero-order valence-corrected chi connectivity index (χ0v) is 10.3. The van der Waals surface area contributed by atoms with E-state index in [0.29, 0.717) is 10.5 Å². The van der Waals surface area contributed by atoms with Crippen LogP contribution in [0.4, 0.5) is 10.1 Å². The predicted octanol–water partition coefficient (Wildman–Crippen LogP) is 4.19. The Morgan fingerprint density at radius 2 is 2.27 bits per heavy atom. The molecule has 1 nitrogen and oxygen atoms in total. The van der Waals surface area contributed by atoms with Crippen molar-refractivity contribution in [2.24, 2.45) is 5.92 Å². The number of anilines is 1. The molecule has 1 aromatic carbocycles. The molecular weight excluding hydrogens is 257 g/mol. The van der Waals surface area contributed by atoms with Gasteiger partial charge < -0.3 is 5.32 Å². The van der Waals surface area contributed by atoms with Crippen LogP contribution in [-0.4, -0.2) is 6.04 Å². The minimum atomic E-state index is -0.208. The van der Waals surface area contributed by atoms with Crippen molar-refractivity contribution in [3.63, 3.8) is 0 Å². The van der Waals surface area contributed by atoms with Crippen LogP contribution >= 0.6 is 15.9 Å². The molecule has 0 bridgehead atoms. The van der Waals surface area contributed by atoms with Gasteiger partial charge in [0.25, 0.3) is 0 Å². The van der Waals surface area contributed by atoms with Crippen molar-refractivity contribution in [3.05, 3.63) is 28.5 Å². The number of nitrogens with one attached hydrogen (secondary N) is 1. The predicted molar refractivity (Wildman–Crippen MR) is 64.5 cm³/mol. The number of halogens is 2. The van der Waals surface area contributed by atoms with Crippen molar-refractivity contribution in [1.29, 1.82) is 0 Å². The Morgan fingerprint density at radius 1 is 1.53 bits per heavy atom. The topological polar surface area (TPSA) is 12.0 Å².